The molecule has 0 aliphatic heterocycles. The van der Waals surface area contributed by atoms with Crippen LogP contribution in [0.5, 0.6) is 0 Å². The summed E-state index contributed by atoms with van der Waals surface area (Å²) >= 11 is 5.68. The molecule has 4 nitrogen and oxygen atoms in total. The summed E-state index contributed by atoms with van der Waals surface area (Å²) in [6, 6.07) is 4.30. The van der Waals surface area contributed by atoms with E-state index in [0.29, 0.717) is 12.2 Å². The van der Waals surface area contributed by atoms with Gasteiger partial charge in [-0.2, -0.15) is 0 Å². The van der Waals surface area contributed by atoms with Crippen molar-refractivity contribution >= 4 is 23.2 Å². The molecule has 1 rings (SSSR count). The average molecular weight is 317 g/mol. The lowest BCUT2D eigenvalue weighted by atomic mass is 10.1. The van der Waals surface area contributed by atoms with Crippen LogP contribution >= 0.6 is 11.6 Å². The van der Waals surface area contributed by atoms with E-state index in [1.54, 1.807) is 0 Å². The van der Waals surface area contributed by atoms with Gasteiger partial charge < -0.3 is 10.4 Å². The standard InChI is InChI=1S/C15H22ClFN2O2/c1-3-12(4-2)19(7-8-20)10-15(21)18-11-5-6-14(17)13(16)9-11/h5-6,9,12,20H,3-4,7-8,10H2,1-2H3,(H,18,21). The molecule has 1 aromatic carbocycles. The Morgan fingerprint density at radius 2 is 2.10 bits per heavy atom. The maximum absolute atomic E-state index is 13.1. The fourth-order valence-electron chi connectivity index (χ4n) is 2.28. The lowest BCUT2D eigenvalue weighted by molar-refractivity contribution is -0.118. The highest BCUT2D eigenvalue weighted by Gasteiger charge is 2.18. The normalized spacial score (nSPS) is 11.2. The van der Waals surface area contributed by atoms with Crippen molar-refractivity contribution in [1.29, 1.82) is 0 Å². The van der Waals surface area contributed by atoms with Crippen molar-refractivity contribution in [1.82, 2.24) is 4.90 Å². The molecule has 1 amide bonds. The zero-order chi connectivity index (χ0) is 15.8. The first-order valence-electron chi connectivity index (χ1n) is 7.11. The van der Waals surface area contributed by atoms with Gasteiger partial charge in [-0.1, -0.05) is 25.4 Å². The van der Waals surface area contributed by atoms with E-state index in [9.17, 15) is 9.18 Å². The van der Waals surface area contributed by atoms with Gasteiger partial charge in [0.2, 0.25) is 5.91 Å². The fourth-order valence-corrected chi connectivity index (χ4v) is 2.46. The number of nitrogens with zero attached hydrogens (tertiary/aromatic N) is 1. The smallest absolute Gasteiger partial charge is 0.238 e. The fraction of sp³-hybridized carbons (Fsp3) is 0.533. The maximum Gasteiger partial charge on any atom is 0.238 e. The first-order valence-corrected chi connectivity index (χ1v) is 7.49. The molecule has 0 bridgehead atoms. The molecule has 0 unspecified atom stereocenters. The van der Waals surface area contributed by atoms with Crippen LogP contribution in [0, 0.1) is 5.82 Å². The van der Waals surface area contributed by atoms with Crippen molar-refractivity contribution in [2.24, 2.45) is 0 Å². The van der Waals surface area contributed by atoms with Gasteiger partial charge >= 0.3 is 0 Å². The second kappa shape index (κ2) is 8.97. The van der Waals surface area contributed by atoms with Gasteiger partial charge in [0, 0.05) is 18.3 Å². The first kappa shape index (κ1) is 17.9. The molecule has 0 radical (unpaired) electrons. The highest BCUT2D eigenvalue weighted by Crippen LogP contribution is 2.19. The molecule has 0 atom stereocenters. The quantitative estimate of drug-likeness (QED) is 0.775. The summed E-state index contributed by atoms with van der Waals surface area (Å²) in [6.07, 6.45) is 1.82. The number of carbonyl (C=O) groups excluding carboxylic acids is 1. The molecule has 0 spiro atoms. The van der Waals surface area contributed by atoms with E-state index in [0.717, 1.165) is 12.8 Å². The zero-order valence-electron chi connectivity index (χ0n) is 12.4. The second-order valence-corrected chi connectivity index (χ2v) is 5.25. The third kappa shape index (κ3) is 5.61. The molecule has 2 N–H and O–H groups in total. The van der Waals surface area contributed by atoms with Crippen molar-refractivity contribution in [2.45, 2.75) is 32.7 Å². The highest BCUT2D eigenvalue weighted by molar-refractivity contribution is 6.31. The minimum atomic E-state index is -0.520. The summed E-state index contributed by atoms with van der Waals surface area (Å²) in [6.45, 7) is 4.74. The third-order valence-corrected chi connectivity index (χ3v) is 3.69. The Morgan fingerprint density at radius 1 is 1.43 bits per heavy atom. The highest BCUT2D eigenvalue weighted by atomic mass is 35.5. The van der Waals surface area contributed by atoms with Gasteiger partial charge in [0.1, 0.15) is 5.82 Å². The monoisotopic (exact) mass is 316 g/mol. The van der Waals surface area contributed by atoms with Gasteiger partial charge in [-0.15, -0.1) is 0 Å². The predicted octanol–water partition coefficient (Wildman–Crippen LogP) is 2.90. The number of halogens is 2. The molecule has 21 heavy (non-hydrogen) atoms. The van der Waals surface area contributed by atoms with E-state index >= 15 is 0 Å². The maximum atomic E-state index is 13.1. The molecular formula is C15H22ClFN2O2. The van der Waals surface area contributed by atoms with Gasteiger partial charge in [0.05, 0.1) is 18.2 Å². The molecule has 118 valence electrons. The number of anilines is 1. The number of aliphatic hydroxyl groups is 1. The summed E-state index contributed by atoms with van der Waals surface area (Å²) in [4.78, 5) is 14.0. The molecule has 0 fully saturated rings. The van der Waals surface area contributed by atoms with Gasteiger partial charge in [0.15, 0.2) is 0 Å². The van der Waals surface area contributed by atoms with Gasteiger partial charge in [-0.25, -0.2) is 4.39 Å². The number of aliphatic hydroxyl groups excluding tert-OH is 1. The lowest BCUT2D eigenvalue weighted by Crippen LogP contribution is -2.42. The summed E-state index contributed by atoms with van der Waals surface area (Å²) < 4.78 is 13.1. The molecule has 6 heteroatoms. The van der Waals surface area contributed by atoms with Crippen LogP contribution in [0.4, 0.5) is 10.1 Å². The first-order chi connectivity index (χ1) is 10.0. The number of carbonyl (C=O) groups is 1. The Labute approximate surface area is 129 Å². The van der Waals surface area contributed by atoms with Crippen molar-refractivity contribution in [3.63, 3.8) is 0 Å². The molecule has 0 aliphatic rings. The Hall–Kier alpha value is -1.17. The Balaban J connectivity index is 2.66. The van der Waals surface area contributed by atoms with Gasteiger partial charge in [-0.3, -0.25) is 9.69 Å². The Bertz CT molecular complexity index is 467. The number of hydrogen-bond acceptors (Lipinski definition) is 3. The molecule has 0 aromatic heterocycles. The topological polar surface area (TPSA) is 52.6 Å². The van der Waals surface area contributed by atoms with E-state index in [4.69, 9.17) is 16.7 Å². The number of benzene rings is 1. The zero-order valence-corrected chi connectivity index (χ0v) is 13.2. The van der Waals surface area contributed by atoms with Crippen molar-refractivity contribution in [3.05, 3.63) is 29.0 Å². The van der Waals surface area contributed by atoms with E-state index < -0.39 is 5.82 Å². The number of hydrogen-bond donors (Lipinski definition) is 2. The van der Waals surface area contributed by atoms with Crippen LogP contribution in [-0.4, -0.2) is 41.7 Å². The minimum Gasteiger partial charge on any atom is -0.395 e. The molecule has 1 aromatic rings. The van der Waals surface area contributed by atoms with Crippen LogP contribution in [0.15, 0.2) is 18.2 Å². The minimum absolute atomic E-state index is 0.00611. The van der Waals surface area contributed by atoms with Crippen LogP contribution in [-0.2, 0) is 4.79 Å². The SMILES string of the molecule is CCC(CC)N(CCO)CC(=O)Nc1ccc(F)c(Cl)c1. The van der Waals surface area contributed by atoms with Crippen molar-refractivity contribution in [3.8, 4) is 0 Å². The Morgan fingerprint density at radius 3 is 2.62 bits per heavy atom. The van der Waals surface area contributed by atoms with Gasteiger partial charge in [0.25, 0.3) is 0 Å². The van der Waals surface area contributed by atoms with Crippen molar-refractivity contribution in [2.75, 3.05) is 25.0 Å². The number of rotatable bonds is 8. The second-order valence-electron chi connectivity index (χ2n) is 4.84. The summed E-state index contributed by atoms with van der Waals surface area (Å²) in [5.41, 5.74) is 0.458. The third-order valence-electron chi connectivity index (χ3n) is 3.40. The number of amides is 1. The summed E-state index contributed by atoms with van der Waals surface area (Å²) in [5, 5.41) is 11.8. The lowest BCUT2D eigenvalue weighted by Gasteiger charge is -2.29. The van der Waals surface area contributed by atoms with Crippen LogP contribution in [0.25, 0.3) is 0 Å². The summed E-state index contributed by atoms with van der Waals surface area (Å²) in [7, 11) is 0. The molecule has 0 aliphatic carbocycles. The van der Waals surface area contributed by atoms with E-state index in [1.165, 1.54) is 18.2 Å². The van der Waals surface area contributed by atoms with Crippen LogP contribution in [0.1, 0.15) is 26.7 Å². The molecule has 0 heterocycles. The molecule has 0 saturated heterocycles. The average Bonchev–Trinajstić information content (AvgIpc) is 2.44. The largest absolute Gasteiger partial charge is 0.395 e. The van der Waals surface area contributed by atoms with E-state index in [2.05, 4.69) is 19.2 Å². The predicted molar refractivity (Wildman–Crippen MR) is 83.1 cm³/mol. The van der Waals surface area contributed by atoms with Gasteiger partial charge in [-0.05, 0) is 31.0 Å². The Kier molecular flexibility index (Phi) is 7.64. The number of nitrogens with one attached hydrogen (secondary N) is 1. The van der Waals surface area contributed by atoms with E-state index in [-0.39, 0.29) is 30.1 Å². The van der Waals surface area contributed by atoms with E-state index in [1.807, 2.05) is 4.90 Å². The van der Waals surface area contributed by atoms with Crippen molar-refractivity contribution < 1.29 is 14.3 Å². The van der Waals surface area contributed by atoms with Crippen LogP contribution in [0.3, 0.4) is 0 Å². The molecular weight excluding hydrogens is 295 g/mol. The van der Waals surface area contributed by atoms with Crippen LogP contribution in [0.2, 0.25) is 5.02 Å². The summed E-state index contributed by atoms with van der Waals surface area (Å²) in [5.74, 6) is -0.730. The molecule has 0 saturated carbocycles. The van der Waals surface area contributed by atoms with Crippen LogP contribution < -0.4 is 5.32 Å².